The summed E-state index contributed by atoms with van der Waals surface area (Å²) in [5.41, 5.74) is 5.16. The topological polar surface area (TPSA) is 84.9 Å². The lowest BCUT2D eigenvalue weighted by molar-refractivity contribution is -0.146. The minimum Gasteiger partial charge on any atom is -0.478 e. The average molecular weight is 331 g/mol. The summed E-state index contributed by atoms with van der Waals surface area (Å²) >= 11 is 0. The highest BCUT2D eigenvalue weighted by Gasteiger charge is 2.44. The van der Waals surface area contributed by atoms with Crippen molar-refractivity contribution in [1.29, 1.82) is 0 Å². The summed E-state index contributed by atoms with van der Waals surface area (Å²) in [7, 11) is 0. The van der Waals surface area contributed by atoms with Gasteiger partial charge in [0.1, 0.15) is 0 Å². The van der Waals surface area contributed by atoms with E-state index in [1.54, 1.807) is 18.3 Å². The van der Waals surface area contributed by atoms with Crippen molar-refractivity contribution in [3.05, 3.63) is 47.2 Å². The predicted molar refractivity (Wildman–Crippen MR) is 86.1 cm³/mol. The Bertz CT molecular complexity index is 652. The first kappa shape index (κ1) is 16.5. The Hall–Kier alpha value is -2.34. The van der Waals surface area contributed by atoms with E-state index in [0.29, 0.717) is 11.5 Å². The van der Waals surface area contributed by atoms with Crippen LogP contribution in [-0.4, -0.2) is 29.3 Å². The predicted octanol–water partition coefficient (Wildman–Crippen LogP) is 2.45. The second-order valence-corrected chi connectivity index (χ2v) is 6.24. The Morgan fingerprint density at radius 2 is 2.08 bits per heavy atom. The molecule has 0 saturated carbocycles. The van der Waals surface area contributed by atoms with E-state index < -0.39 is 5.97 Å². The molecule has 6 nitrogen and oxygen atoms in total. The molecule has 3 unspecified atom stereocenters. The van der Waals surface area contributed by atoms with E-state index >= 15 is 0 Å². The van der Waals surface area contributed by atoms with Gasteiger partial charge in [-0.2, -0.15) is 0 Å². The summed E-state index contributed by atoms with van der Waals surface area (Å²) < 4.78 is 5.97. The van der Waals surface area contributed by atoms with Gasteiger partial charge in [-0.15, -0.1) is 0 Å². The molecule has 3 rings (SSSR count). The first-order chi connectivity index (χ1) is 11.5. The lowest BCUT2D eigenvalue weighted by Gasteiger charge is -2.21. The second kappa shape index (κ2) is 7.05. The van der Waals surface area contributed by atoms with Crippen LogP contribution in [0.5, 0.6) is 0 Å². The zero-order valence-electron chi connectivity index (χ0n) is 13.5. The molecular weight excluding hydrogens is 310 g/mol. The van der Waals surface area contributed by atoms with Crippen molar-refractivity contribution in [1.82, 2.24) is 5.48 Å². The Morgan fingerprint density at radius 3 is 2.75 bits per heavy atom. The van der Waals surface area contributed by atoms with Crippen LogP contribution in [0.2, 0.25) is 0 Å². The van der Waals surface area contributed by atoms with E-state index in [4.69, 9.17) is 14.7 Å². The number of hydrogen-bond donors (Lipinski definition) is 2. The summed E-state index contributed by atoms with van der Waals surface area (Å²) in [6.07, 6.45) is 5.91. The molecule has 128 valence electrons. The molecular formula is C18H21NO5. The van der Waals surface area contributed by atoms with Crippen molar-refractivity contribution >= 4 is 11.9 Å². The molecule has 3 atom stereocenters. The number of carbonyl (C=O) groups excluding carboxylic acids is 1. The quantitative estimate of drug-likeness (QED) is 0.779. The standard InChI is InChI=1S/C18H21NO5/c1-11(20)24-19-10-15-14(16-8-9-17(15)23-16)7-4-12-2-5-13(6-3-12)18(21)22/h2-3,5-6,10,14,16-17,19H,4,7-9H2,1H3,(H,21,22). The van der Waals surface area contributed by atoms with Crippen molar-refractivity contribution in [2.45, 2.75) is 44.8 Å². The number of nitrogens with one attached hydrogen (secondary N) is 1. The molecule has 0 amide bonds. The molecule has 2 bridgehead atoms. The summed E-state index contributed by atoms with van der Waals surface area (Å²) in [5.74, 6) is -0.998. The highest BCUT2D eigenvalue weighted by atomic mass is 16.7. The van der Waals surface area contributed by atoms with Crippen LogP contribution in [0.4, 0.5) is 0 Å². The van der Waals surface area contributed by atoms with E-state index in [1.807, 2.05) is 12.1 Å². The largest absolute Gasteiger partial charge is 0.478 e. The van der Waals surface area contributed by atoms with Crippen LogP contribution >= 0.6 is 0 Å². The van der Waals surface area contributed by atoms with E-state index in [0.717, 1.165) is 36.8 Å². The van der Waals surface area contributed by atoms with Crippen molar-refractivity contribution in [3.63, 3.8) is 0 Å². The minimum absolute atomic E-state index is 0.109. The number of fused-ring (bicyclic) bond motifs is 2. The SMILES string of the molecule is CC(=O)ONC=C1C2CCC(O2)C1CCc1ccc(C(=O)O)cc1. The van der Waals surface area contributed by atoms with Gasteiger partial charge in [0, 0.05) is 19.0 Å². The number of rotatable bonds is 6. The lowest BCUT2D eigenvalue weighted by Crippen LogP contribution is -2.22. The Balaban J connectivity index is 1.62. The fourth-order valence-electron chi connectivity index (χ4n) is 3.53. The lowest BCUT2D eigenvalue weighted by atomic mass is 9.81. The van der Waals surface area contributed by atoms with Gasteiger partial charge in [0.05, 0.1) is 17.8 Å². The molecule has 2 fully saturated rings. The maximum Gasteiger partial charge on any atom is 0.335 e. The van der Waals surface area contributed by atoms with Crippen LogP contribution in [0.1, 0.15) is 42.1 Å². The van der Waals surface area contributed by atoms with Gasteiger partial charge in [-0.3, -0.25) is 4.79 Å². The van der Waals surface area contributed by atoms with Crippen molar-refractivity contribution in [2.24, 2.45) is 5.92 Å². The van der Waals surface area contributed by atoms with Gasteiger partial charge in [-0.05, 0) is 49.0 Å². The molecule has 0 aromatic heterocycles. The van der Waals surface area contributed by atoms with Crippen molar-refractivity contribution in [2.75, 3.05) is 0 Å². The van der Waals surface area contributed by atoms with E-state index in [2.05, 4.69) is 5.48 Å². The summed E-state index contributed by atoms with van der Waals surface area (Å²) in [5, 5.41) is 8.94. The first-order valence-corrected chi connectivity index (χ1v) is 8.15. The molecule has 2 aliphatic heterocycles. The van der Waals surface area contributed by atoms with Gasteiger partial charge in [0.2, 0.25) is 0 Å². The smallest absolute Gasteiger partial charge is 0.335 e. The summed E-state index contributed by atoms with van der Waals surface area (Å²) in [6.45, 7) is 1.35. The molecule has 0 spiro atoms. The number of aromatic carboxylic acids is 1. The number of aryl methyl sites for hydroxylation is 1. The average Bonchev–Trinajstić information content (AvgIpc) is 3.14. The van der Waals surface area contributed by atoms with Crippen molar-refractivity contribution in [3.8, 4) is 0 Å². The molecule has 0 aliphatic carbocycles. The van der Waals surface area contributed by atoms with Gasteiger partial charge < -0.3 is 14.7 Å². The summed E-state index contributed by atoms with van der Waals surface area (Å²) in [6, 6.07) is 6.98. The van der Waals surface area contributed by atoms with E-state index in [-0.39, 0.29) is 18.2 Å². The fourth-order valence-corrected chi connectivity index (χ4v) is 3.53. The molecule has 0 radical (unpaired) electrons. The zero-order chi connectivity index (χ0) is 17.1. The van der Waals surface area contributed by atoms with Gasteiger partial charge in [-0.1, -0.05) is 12.1 Å². The van der Waals surface area contributed by atoms with Crippen LogP contribution in [0.25, 0.3) is 0 Å². The third-order valence-corrected chi connectivity index (χ3v) is 4.67. The normalized spacial score (nSPS) is 26.5. The minimum atomic E-state index is -0.912. The van der Waals surface area contributed by atoms with Gasteiger partial charge in [-0.25, -0.2) is 10.3 Å². The number of hydrogen-bond acceptors (Lipinski definition) is 5. The molecule has 24 heavy (non-hydrogen) atoms. The van der Waals surface area contributed by atoms with Crippen LogP contribution in [-0.2, 0) is 20.8 Å². The van der Waals surface area contributed by atoms with Crippen LogP contribution in [0, 0.1) is 5.92 Å². The molecule has 2 saturated heterocycles. The third-order valence-electron chi connectivity index (χ3n) is 4.67. The number of hydroxylamine groups is 1. The maximum atomic E-state index is 10.9. The monoisotopic (exact) mass is 331 g/mol. The first-order valence-electron chi connectivity index (χ1n) is 8.15. The van der Waals surface area contributed by atoms with Crippen LogP contribution < -0.4 is 5.48 Å². The number of ether oxygens (including phenoxy) is 1. The molecule has 2 N–H and O–H groups in total. The van der Waals surface area contributed by atoms with Gasteiger partial charge in [0.15, 0.2) is 0 Å². The molecule has 6 heteroatoms. The molecule has 1 aromatic carbocycles. The molecule has 1 aromatic rings. The second-order valence-electron chi connectivity index (χ2n) is 6.24. The zero-order valence-corrected chi connectivity index (χ0v) is 13.5. The Labute approximate surface area is 140 Å². The molecule has 2 heterocycles. The fraction of sp³-hybridized carbons (Fsp3) is 0.444. The Kier molecular flexibility index (Phi) is 4.85. The number of carbonyl (C=O) groups is 2. The van der Waals surface area contributed by atoms with Gasteiger partial charge >= 0.3 is 11.9 Å². The van der Waals surface area contributed by atoms with E-state index in [1.165, 1.54) is 6.92 Å². The number of carboxylic acid groups (broad SMARTS) is 1. The highest BCUT2D eigenvalue weighted by molar-refractivity contribution is 5.87. The van der Waals surface area contributed by atoms with Crippen LogP contribution in [0.3, 0.4) is 0 Å². The highest BCUT2D eigenvalue weighted by Crippen LogP contribution is 2.44. The van der Waals surface area contributed by atoms with Gasteiger partial charge in [0.25, 0.3) is 0 Å². The number of carboxylic acids is 1. The van der Waals surface area contributed by atoms with Crippen molar-refractivity contribution < 1.29 is 24.3 Å². The molecule has 2 aliphatic rings. The Morgan fingerprint density at radius 1 is 1.33 bits per heavy atom. The maximum absolute atomic E-state index is 10.9. The van der Waals surface area contributed by atoms with E-state index in [9.17, 15) is 9.59 Å². The number of benzene rings is 1. The summed E-state index contributed by atoms with van der Waals surface area (Å²) in [4.78, 5) is 26.5. The third kappa shape index (κ3) is 3.59. The van der Waals surface area contributed by atoms with Crippen LogP contribution in [0.15, 0.2) is 36.0 Å².